The molecule has 0 bridgehead atoms. The zero-order valence-electron chi connectivity index (χ0n) is 13.3. The molecule has 4 nitrogen and oxygen atoms in total. The maximum atomic E-state index is 12.5. The normalized spacial score (nSPS) is 16.0. The summed E-state index contributed by atoms with van der Waals surface area (Å²) in [5.74, 6) is 2.64. The van der Waals surface area contributed by atoms with E-state index in [9.17, 15) is 4.79 Å². The van der Waals surface area contributed by atoms with E-state index in [2.05, 4.69) is 6.92 Å². The van der Waals surface area contributed by atoms with E-state index >= 15 is 0 Å². The van der Waals surface area contributed by atoms with Crippen LogP contribution in [-0.4, -0.2) is 23.4 Å². The first-order valence-corrected chi connectivity index (χ1v) is 8.18. The number of hydrogen-bond donors (Lipinski definition) is 1. The Hall–Kier alpha value is -1.29. The van der Waals surface area contributed by atoms with E-state index in [1.165, 1.54) is 0 Å². The summed E-state index contributed by atoms with van der Waals surface area (Å²) in [4.78, 5) is 14.5. The van der Waals surface area contributed by atoms with Crippen molar-refractivity contribution in [3.63, 3.8) is 0 Å². The summed E-state index contributed by atoms with van der Waals surface area (Å²) in [6.45, 7) is 5.44. The second-order valence-electron chi connectivity index (χ2n) is 6.16. The van der Waals surface area contributed by atoms with Crippen LogP contribution in [-0.2, 0) is 11.3 Å². The molecule has 21 heavy (non-hydrogen) atoms. The maximum Gasteiger partial charge on any atom is 0.223 e. The highest BCUT2D eigenvalue weighted by Gasteiger charge is 2.33. The summed E-state index contributed by atoms with van der Waals surface area (Å²) in [5.41, 5.74) is 5.63. The van der Waals surface area contributed by atoms with E-state index in [0.717, 1.165) is 43.6 Å². The molecule has 4 heteroatoms. The molecule has 2 N–H and O–H groups in total. The lowest BCUT2D eigenvalue weighted by molar-refractivity contribution is -0.133. The number of aryl methyl sites for hydroxylation is 1. The molecule has 1 aromatic heterocycles. The lowest BCUT2D eigenvalue weighted by atomic mass is 9.96. The second-order valence-corrected chi connectivity index (χ2v) is 6.16. The molecule has 0 aromatic carbocycles. The van der Waals surface area contributed by atoms with Crippen LogP contribution in [0.3, 0.4) is 0 Å². The lowest BCUT2D eigenvalue weighted by Crippen LogP contribution is -2.32. The summed E-state index contributed by atoms with van der Waals surface area (Å²) >= 11 is 0. The van der Waals surface area contributed by atoms with Gasteiger partial charge >= 0.3 is 0 Å². The molecular formula is C17H28N2O2. The van der Waals surface area contributed by atoms with Crippen molar-refractivity contribution in [3.8, 4) is 0 Å². The van der Waals surface area contributed by atoms with Gasteiger partial charge in [-0.15, -0.1) is 0 Å². The van der Waals surface area contributed by atoms with Crippen molar-refractivity contribution >= 4 is 5.91 Å². The Balaban J connectivity index is 1.87. The fraction of sp³-hybridized carbons (Fsp3) is 0.706. The molecule has 1 atom stereocenters. The highest BCUT2D eigenvalue weighted by molar-refractivity contribution is 5.76. The number of amides is 1. The molecule has 1 aliphatic rings. The number of hydrogen-bond acceptors (Lipinski definition) is 3. The van der Waals surface area contributed by atoms with Gasteiger partial charge in [-0.2, -0.15) is 0 Å². The number of nitrogens with zero attached hydrogens (tertiary/aromatic N) is 1. The predicted octanol–water partition coefficient (Wildman–Crippen LogP) is 3.23. The lowest BCUT2D eigenvalue weighted by Gasteiger charge is -2.22. The van der Waals surface area contributed by atoms with E-state index in [1.54, 1.807) is 0 Å². The average Bonchev–Trinajstić information content (AvgIpc) is 3.23. The van der Waals surface area contributed by atoms with Gasteiger partial charge in [-0.05, 0) is 57.2 Å². The van der Waals surface area contributed by atoms with Crippen LogP contribution in [0, 0.1) is 12.8 Å². The first-order valence-electron chi connectivity index (χ1n) is 8.18. The molecule has 1 unspecified atom stereocenters. The first-order chi connectivity index (χ1) is 10.1. The van der Waals surface area contributed by atoms with Crippen LogP contribution >= 0.6 is 0 Å². The highest BCUT2D eigenvalue weighted by atomic mass is 16.3. The van der Waals surface area contributed by atoms with Gasteiger partial charge in [0, 0.05) is 12.5 Å². The van der Waals surface area contributed by atoms with Gasteiger partial charge in [-0.1, -0.05) is 13.3 Å². The SMILES string of the molecule is CCC(CCN)CCC(=O)N(Cc1ccc(C)o1)C1CC1. The van der Waals surface area contributed by atoms with Crippen LogP contribution in [0.2, 0.25) is 0 Å². The average molecular weight is 292 g/mol. The van der Waals surface area contributed by atoms with Gasteiger partial charge in [-0.25, -0.2) is 0 Å². The molecule has 1 fully saturated rings. The molecule has 0 radical (unpaired) electrons. The van der Waals surface area contributed by atoms with Gasteiger partial charge in [0.2, 0.25) is 5.91 Å². The molecule has 1 heterocycles. The fourth-order valence-corrected chi connectivity index (χ4v) is 2.80. The number of nitrogens with two attached hydrogens (primary N) is 1. The van der Waals surface area contributed by atoms with Crippen LogP contribution in [0.25, 0.3) is 0 Å². The molecule has 0 saturated heterocycles. The van der Waals surface area contributed by atoms with E-state index in [4.69, 9.17) is 10.2 Å². The Bertz CT molecular complexity index is 451. The van der Waals surface area contributed by atoms with E-state index in [0.29, 0.717) is 31.5 Å². The zero-order chi connectivity index (χ0) is 15.2. The van der Waals surface area contributed by atoms with Crippen LogP contribution in [0.15, 0.2) is 16.5 Å². The topological polar surface area (TPSA) is 59.5 Å². The van der Waals surface area contributed by atoms with Crippen LogP contribution in [0.4, 0.5) is 0 Å². The van der Waals surface area contributed by atoms with Crippen molar-refractivity contribution < 1.29 is 9.21 Å². The standard InChI is InChI=1S/C17H28N2O2/c1-3-14(10-11-18)5-9-17(20)19(15-6-7-15)12-16-8-4-13(2)21-16/h4,8,14-15H,3,5-7,9-12,18H2,1-2H3. The number of carbonyl (C=O) groups excluding carboxylic acids is 1. The van der Waals surface area contributed by atoms with Gasteiger partial charge in [0.25, 0.3) is 0 Å². The van der Waals surface area contributed by atoms with Crippen molar-refractivity contribution in [3.05, 3.63) is 23.7 Å². The smallest absolute Gasteiger partial charge is 0.223 e. The van der Waals surface area contributed by atoms with Gasteiger partial charge in [0.1, 0.15) is 11.5 Å². The Labute approximate surface area is 127 Å². The number of furan rings is 1. The van der Waals surface area contributed by atoms with Gasteiger partial charge in [-0.3, -0.25) is 4.79 Å². The molecule has 1 amide bonds. The van der Waals surface area contributed by atoms with E-state index in [-0.39, 0.29) is 5.91 Å². The third kappa shape index (κ3) is 4.88. The second kappa shape index (κ2) is 7.64. The van der Waals surface area contributed by atoms with Gasteiger partial charge in [0.15, 0.2) is 0 Å². The minimum atomic E-state index is 0.266. The van der Waals surface area contributed by atoms with Crippen molar-refractivity contribution in [2.45, 2.75) is 65.0 Å². The first kappa shape index (κ1) is 16.1. The van der Waals surface area contributed by atoms with Gasteiger partial charge < -0.3 is 15.1 Å². The summed E-state index contributed by atoms with van der Waals surface area (Å²) < 4.78 is 5.62. The predicted molar refractivity (Wildman–Crippen MR) is 83.7 cm³/mol. The molecule has 0 spiro atoms. The fourth-order valence-electron chi connectivity index (χ4n) is 2.80. The summed E-state index contributed by atoms with van der Waals surface area (Å²) in [7, 11) is 0. The highest BCUT2D eigenvalue weighted by Crippen LogP contribution is 2.30. The minimum absolute atomic E-state index is 0.266. The third-order valence-electron chi connectivity index (χ3n) is 4.35. The van der Waals surface area contributed by atoms with Gasteiger partial charge in [0.05, 0.1) is 6.54 Å². The van der Waals surface area contributed by atoms with E-state index < -0.39 is 0 Å². The number of rotatable bonds is 9. The zero-order valence-corrected chi connectivity index (χ0v) is 13.3. The van der Waals surface area contributed by atoms with Crippen LogP contribution < -0.4 is 5.73 Å². The third-order valence-corrected chi connectivity index (χ3v) is 4.35. The Morgan fingerprint density at radius 3 is 2.71 bits per heavy atom. The van der Waals surface area contributed by atoms with Crippen LogP contribution in [0.5, 0.6) is 0 Å². The molecule has 118 valence electrons. The number of carbonyl (C=O) groups is 1. The summed E-state index contributed by atoms with van der Waals surface area (Å²) in [6.07, 6.45) is 5.97. The van der Waals surface area contributed by atoms with E-state index in [1.807, 2.05) is 24.0 Å². The van der Waals surface area contributed by atoms with Crippen molar-refractivity contribution in [1.29, 1.82) is 0 Å². The molecule has 0 aliphatic heterocycles. The summed E-state index contributed by atoms with van der Waals surface area (Å²) in [5, 5.41) is 0. The Kier molecular flexibility index (Phi) is 5.85. The van der Waals surface area contributed by atoms with Crippen molar-refractivity contribution in [1.82, 2.24) is 4.90 Å². The van der Waals surface area contributed by atoms with Crippen LogP contribution in [0.1, 0.15) is 57.0 Å². The Morgan fingerprint density at radius 1 is 1.43 bits per heavy atom. The molecule has 1 aliphatic carbocycles. The summed E-state index contributed by atoms with van der Waals surface area (Å²) in [6, 6.07) is 4.36. The monoisotopic (exact) mass is 292 g/mol. The largest absolute Gasteiger partial charge is 0.464 e. The maximum absolute atomic E-state index is 12.5. The molecule has 1 saturated carbocycles. The molecule has 2 rings (SSSR count). The Morgan fingerprint density at radius 2 is 2.19 bits per heavy atom. The van der Waals surface area contributed by atoms with Crippen molar-refractivity contribution in [2.24, 2.45) is 11.7 Å². The molecule has 1 aromatic rings. The van der Waals surface area contributed by atoms with Crippen molar-refractivity contribution in [2.75, 3.05) is 6.54 Å². The quantitative estimate of drug-likeness (QED) is 0.760. The minimum Gasteiger partial charge on any atom is -0.464 e. The molecular weight excluding hydrogens is 264 g/mol.